The van der Waals surface area contributed by atoms with Gasteiger partial charge in [-0.25, -0.2) is 15.2 Å². The van der Waals surface area contributed by atoms with Crippen LogP contribution in [0.2, 0.25) is 0 Å². The Kier molecular flexibility index (Phi) is 3.74. The molecule has 1 aromatic rings. The van der Waals surface area contributed by atoms with Gasteiger partial charge in [0.15, 0.2) is 10.0 Å². The Hall–Kier alpha value is -1.31. The number of nitrogens with zero attached hydrogens (tertiary/aromatic N) is 1. The number of carbonyl (C=O) groups excluding carboxylic acids is 1. The number of hydrazine groups is 1. The topological polar surface area (TPSA) is 64.6 Å². The molecule has 1 unspecified atom stereocenters. The summed E-state index contributed by atoms with van der Waals surface area (Å²) in [5, 5.41) is 14.5. The van der Waals surface area contributed by atoms with Crippen molar-refractivity contribution in [2.75, 3.05) is 12.8 Å². The first-order valence-electron chi connectivity index (χ1n) is 5.31. The van der Waals surface area contributed by atoms with E-state index in [2.05, 4.69) is 10.7 Å². The molecule has 7 heteroatoms. The first-order valence-corrected chi connectivity index (χ1v) is 6.70. The van der Waals surface area contributed by atoms with E-state index in [1.807, 2.05) is 18.2 Å². The minimum absolute atomic E-state index is 0.375. The summed E-state index contributed by atoms with van der Waals surface area (Å²) in [6, 6.07) is 8.70. The van der Waals surface area contributed by atoms with Gasteiger partial charge in [0.2, 0.25) is 0 Å². The fourth-order valence-corrected chi connectivity index (χ4v) is 2.98. The van der Waals surface area contributed by atoms with Crippen LogP contribution in [-0.4, -0.2) is 33.3 Å². The number of hydrogen-bond donors (Lipinski definition) is 3. The summed E-state index contributed by atoms with van der Waals surface area (Å²) in [6.45, 7) is 0. The van der Waals surface area contributed by atoms with Gasteiger partial charge in [0, 0.05) is 12.6 Å². The normalized spacial score (nSPS) is 23.0. The van der Waals surface area contributed by atoms with Gasteiger partial charge in [-0.05, 0) is 0 Å². The van der Waals surface area contributed by atoms with E-state index in [1.165, 1.54) is 23.8 Å². The van der Waals surface area contributed by atoms with Gasteiger partial charge in [-0.15, -0.1) is 0 Å². The molecule has 2 amide bonds. The Labute approximate surface area is 115 Å². The van der Waals surface area contributed by atoms with Crippen molar-refractivity contribution >= 4 is 34.3 Å². The van der Waals surface area contributed by atoms with Gasteiger partial charge in [0.25, 0.3) is 0 Å². The highest BCUT2D eigenvalue weighted by molar-refractivity contribution is 8.23. The van der Waals surface area contributed by atoms with Crippen LogP contribution in [0.25, 0.3) is 0 Å². The highest BCUT2D eigenvalue weighted by Gasteiger charge is 2.45. The van der Waals surface area contributed by atoms with Crippen molar-refractivity contribution in [2.45, 2.75) is 5.72 Å². The summed E-state index contributed by atoms with van der Waals surface area (Å²) < 4.78 is 0.435. The lowest BCUT2D eigenvalue weighted by Crippen LogP contribution is -2.56. The third-order valence-corrected chi connectivity index (χ3v) is 4.14. The average Bonchev–Trinajstić information content (AvgIpc) is 2.69. The van der Waals surface area contributed by atoms with Crippen LogP contribution >= 0.6 is 24.0 Å². The Morgan fingerprint density at radius 2 is 2.17 bits per heavy atom. The van der Waals surface area contributed by atoms with E-state index >= 15 is 0 Å². The predicted octanol–water partition coefficient (Wildman–Crippen LogP) is 1.01. The molecule has 0 aromatic heterocycles. The van der Waals surface area contributed by atoms with Gasteiger partial charge < -0.3 is 10.4 Å². The molecule has 5 nitrogen and oxygen atoms in total. The molecular formula is C11H13N3O2S2. The number of benzene rings is 1. The second-order valence-corrected chi connectivity index (χ2v) is 5.37. The van der Waals surface area contributed by atoms with Gasteiger partial charge in [0.1, 0.15) is 0 Å². The fourth-order valence-electron chi connectivity index (χ4n) is 1.66. The summed E-state index contributed by atoms with van der Waals surface area (Å²) in [6.07, 6.45) is 0. The number of thioether (sulfide) groups is 1. The summed E-state index contributed by atoms with van der Waals surface area (Å²) >= 11 is 6.47. The highest BCUT2D eigenvalue weighted by Crippen LogP contribution is 2.37. The zero-order valence-corrected chi connectivity index (χ0v) is 11.3. The minimum atomic E-state index is -1.31. The molecule has 0 aliphatic carbocycles. The smallest absolute Gasteiger partial charge is 0.333 e. The number of hydrogen-bond acceptors (Lipinski definition) is 4. The van der Waals surface area contributed by atoms with Crippen molar-refractivity contribution in [2.24, 2.45) is 0 Å². The van der Waals surface area contributed by atoms with Gasteiger partial charge in [0.05, 0.1) is 5.75 Å². The third-order valence-electron chi connectivity index (χ3n) is 2.63. The van der Waals surface area contributed by atoms with Crippen molar-refractivity contribution in [1.29, 1.82) is 0 Å². The van der Waals surface area contributed by atoms with Crippen molar-refractivity contribution in [3.63, 3.8) is 0 Å². The molecule has 0 saturated carbocycles. The molecule has 0 spiro atoms. The van der Waals surface area contributed by atoms with E-state index in [4.69, 9.17) is 12.2 Å². The van der Waals surface area contributed by atoms with Gasteiger partial charge in [-0.2, -0.15) is 0 Å². The van der Waals surface area contributed by atoms with Gasteiger partial charge in [-0.1, -0.05) is 54.3 Å². The molecule has 3 N–H and O–H groups in total. The minimum Gasteiger partial charge on any atom is -0.365 e. The summed E-state index contributed by atoms with van der Waals surface area (Å²) in [7, 11) is 1.50. The van der Waals surface area contributed by atoms with E-state index in [-0.39, 0.29) is 0 Å². The molecule has 96 valence electrons. The molecule has 0 bridgehead atoms. The van der Waals surface area contributed by atoms with Crippen LogP contribution < -0.4 is 10.7 Å². The predicted molar refractivity (Wildman–Crippen MR) is 74.8 cm³/mol. The quantitative estimate of drug-likeness (QED) is 0.707. The van der Waals surface area contributed by atoms with E-state index < -0.39 is 11.8 Å². The zero-order chi connectivity index (χ0) is 13.2. The van der Waals surface area contributed by atoms with E-state index in [0.29, 0.717) is 15.6 Å². The maximum Gasteiger partial charge on any atom is 0.333 e. The molecule has 0 radical (unpaired) electrons. The molecular weight excluding hydrogens is 270 g/mol. The van der Waals surface area contributed by atoms with Crippen LogP contribution in [0.4, 0.5) is 4.79 Å². The van der Waals surface area contributed by atoms with Crippen LogP contribution in [0.5, 0.6) is 0 Å². The number of aliphatic hydroxyl groups is 1. The van der Waals surface area contributed by atoms with E-state index in [1.54, 1.807) is 12.1 Å². The monoisotopic (exact) mass is 283 g/mol. The number of rotatable bonds is 2. The largest absolute Gasteiger partial charge is 0.365 e. The van der Waals surface area contributed by atoms with Crippen molar-refractivity contribution < 1.29 is 9.90 Å². The zero-order valence-electron chi connectivity index (χ0n) is 9.71. The van der Waals surface area contributed by atoms with Crippen LogP contribution in [-0.2, 0) is 5.72 Å². The van der Waals surface area contributed by atoms with Gasteiger partial charge in [-0.3, -0.25) is 0 Å². The first-order chi connectivity index (χ1) is 8.58. The lowest BCUT2D eigenvalue weighted by Gasteiger charge is -2.33. The Morgan fingerprint density at radius 1 is 1.50 bits per heavy atom. The van der Waals surface area contributed by atoms with Crippen molar-refractivity contribution in [3.05, 3.63) is 35.9 Å². The molecule has 1 atom stereocenters. The molecule has 2 rings (SSSR count). The standard InChI is InChI=1S/C11H13N3O2S2/c1-12-9(15)13-14-10(17)18-7-11(14,16)8-5-3-2-4-6-8/h2-6,16H,7H2,1H3,(H2,12,13,15). The van der Waals surface area contributed by atoms with E-state index in [0.717, 1.165) is 0 Å². The number of thiocarbonyl (C=S) groups is 1. The summed E-state index contributed by atoms with van der Waals surface area (Å²) in [5.41, 5.74) is 1.92. The highest BCUT2D eigenvalue weighted by atomic mass is 32.2. The molecule has 18 heavy (non-hydrogen) atoms. The first kappa shape index (κ1) is 13.1. The maximum atomic E-state index is 11.4. The van der Waals surface area contributed by atoms with Crippen LogP contribution in [0.1, 0.15) is 5.56 Å². The molecule has 1 saturated heterocycles. The van der Waals surface area contributed by atoms with Crippen LogP contribution in [0.15, 0.2) is 30.3 Å². The second-order valence-electron chi connectivity index (χ2n) is 3.76. The van der Waals surface area contributed by atoms with Gasteiger partial charge >= 0.3 is 6.03 Å². The number of urea groups is 1. The summed E-state index contributed by atoms with van der Waals surface area (Å²) in [4.78, 5) is 11.4. The lowest BCUT2D eigenvalue weighted by molar-refractivity contribution is -0.0641. The Morgan fingerprint density at radius 3 is 2.78 bits per heavy atom. The van der Waals surface area contributed by atoms with Crippen molar-refractivity contribution in [1.82, 2.24) is 15.8 Å². The average molecular weight is 283 g/mol. The SMILES string of the molecule is CNC(=O)NN1C(=S)SCC1(O)c1ccccc1. The second kappa shape index (κ2) is 5.13. The number of carbonyl (C=O) groups is 1. The Bertz CT molecular complexity index is 469. The van der Waals surface area contributed by atoms with E-state index in [9.17, 15) is 9.90 Å². The van der Waals surface area contributed by atoms with Crippen LogP contribution in [0, 0.1) is 0 Å². The molecule has 1 aromatic carbocycles. The Balaban J connectivity index is 2.30. The molecule has 1 aliphatic rings. The maximum absolute atomic E-state index is 11.4. The summed E-state index contributed by atoms with van der Waals surface area (Å²) in [5.74, 6) is 0.375. The number of nitrogens with one attached hydrogen (secondary N) is 2. The molecule has 1 heterocycles. The molecule has 1 aliphatic heterocycles. The third kappa shape index (κ3) is 2.29. The van der Waals surface area contributed by atoms with Crippen molar-refractivity contribution in [3.8, 4) is 0 Å². The van der Waals surface area contributed by atoms with Crippen LogP contribution in [0.3, 0.4) is 0 Å². The molecule has 1 fully saturated rings. The fraction of sp³-hybridized carbons (Fsp3) is 0.273. The number of amides is 2. The lowest BCUT2D eigenvalue weighted by atomic mass is 10.0.